The molecule has 0 radical (unpaired) electrons. The van der Waals surface area contributed by atoms with Gasteiger partial charge in [0.2, 0.25) is 0 Å². The Morgan fingerprint density at radius 3 is 2.83 bits per heavy atom. The molecule has 0 spiro atoms. The zero-order valence-electron chi connectivity index (χ0n) is 10.1. The number of aliphatic carboxylic acids is 1. The summed E-state index contributed by atoms with van der Waals surface area (Å²) in [6.07, 6.45) is 1.57. The van der Waals surface area contributed by atoms with E-state index in [1.807, 2.05) is 31.2 Å². The Morgan fingerprint density at radius 2 is 2.22 bits per heavy atom. The van der Waals surface area contributed by atoms with Crippen LogP contribution in [0.1, 0.15) is 22.9 Å². The van der Waals surface area contributed by atoms with Crippen LogP contribution in [0.3, 0.4) is 0 Å². The average Bonchev–Trinajstić information content (AvgIpc) is 2.82. The van der Waals surface area contributed by atoms with Crippen LogP contribution in [0.5, 0.6) is 0 Å². The number of carbonyl (C=O) groups is 1. The van der Waals surface area contributed by atoms with Crippen molar-refractivity contribution in [3.05, 3.63) is 59.5 Å². The zero-order chi connectivity index (χ0) is 13.0. The number of rotatable bonds is 5. The van der Waals surface area contributed by atoms with E-state index in [2.05, 4.69) is 5.32 Å². The molecule has 1 aromatic heterocycles. The van der Waals surface area contributed by atoms with Gasteiger partial charge in [-0.3, -0.25) is 10.1 Å². The van der Waals surface area contributed by atoms with Crippen LogP contribution in [-0.2, 0) is 11.3 Å². The van der Waals surface area contributed by atoms with E-state index in [1.165, 1.54) is 0 Å². The van der Waals surface area contributed by atoms with Crippen LogP contribution < -0.4 is 5.32 Å². The summed E-state index contributed by atoms with van der Waals surface area (Å²) < 4.78 is 5.17. The number of hydrogen-bond acceptors (Lipinski definition) is 3. The van der Waals surface area contributed by atoms with E-state index in [1.54, 1.807) is 18.4 Å². The van der Waals surface area contributed by atoms with Crippen molar-refractivity contribution >= 4 is 5.97 Å². The third kappa shape index (κ3) is 2.99. The fourth-order valence-electron chi connectivity index (χ4n) is 1.81. The second-order valence-electron chi connectivity index (χ2n) is 4.15. The Bertz CT molecular complexity index is 520. The third-order valence-electron chi connectivity index (χ3n) is 2.68. The second-order valence-corrected chi connectivity index (χ2v) is 4.15. The normalized spacial score (nSPS) is 12.3. The Morgan fingerprint density at radius 1 is 1.39 bits per heavy atom. The number of nitrogens with one attached hydrogen (secondary N) is 1. The summed E-state index contributed by atoms with van der Waals surface area (Å²) in [6.45, 7) is 2.33. The van der Waals surface area contributed by atoms with E-state index < -0.39 is 12.0 Å². The summed E-state index contributed by atoms with van der Waals surface area (Å²) in [5, 5.41) is 12.2. The molecule has 2 aromatic rings. The predicted molar refractivity (Wildman–Crippen MR) is 67.1 cm³/mol. The number of furan rings is 1. The fraction of sp³-hybridized carbons (Fsp3) is 0.214. The molecule has 0 aliphatic rings. The molecule has 4 heteroatoms. The van der Waals surface area contributed by atoms with E-state index in [4.69, 9.17) is 4.42 Å². The quantitative estimate of drug-likeness (QED) is 0.849. The van der Waals surface area contributed by atoms with Gasteiger partial charge in [0.15, 0.2) is 0 Å². The second kappa shape index (κ2) is 5.51. The summed E-state index contributed by atoms with van der Waals surface area (Å²) in [6, 6.07) is 10.3. The third-order valence-corrected chi connectivity index (χ3v) is 2.68. The maximum Gasteiger partial charge on any atom is 0.325 e. The molecule has 1 heterocycles. The topological polar surface area (TPSA) is 62.5 Å². The van der Waals surface area contributed by atoms with E-state index in [0.717, 1.165) is 11.1 Å². The first-order valence-corrected chi connectivity index (χ1v) is 5.72. The Labute approximate surface area is 105 Å². The lowest BCUT2D eigenvalue weighted by atomic mass is 10.0. The van der Waals surface area contributed by atoms with Gasteiger partial charge in [-0.05, 0) is 24.6 Å². The lowest BCUT2D eigenvalue weighted by Gasteiger charge is -2.14. The van der Waals surface area contributed by atoms with Gasteiger partial charge in [0, 0.05) is 0 Å². The van der Waals surface area contributed by atoms with Crippen molar-refractivity contribution in [1.29, 1.82) is 0 Å². The minimum absolute atomic E-state index is 0.387. The minimum Gasteiger partial charge on any atom is -0.480 e. The molecule has 4 nitrogen and oxygen atoms in total. The Kier molecular flexibility index (Phi) is 3.79. The number of carboxylic acid groups (broad SMARTS) is 1. The number of aryl methyl sites for hydroxylation is 1. The minimum atomic E-state index is -0.896. The van der Waals surface area contributed by atoms with Crippen molar-refractivity contribution in [1.82, 2.24) is 5.32 Å². The summed E-state index contributed by atoms with van der Waals surface area (Å²) in [5.74, 6) is -0.180. The van der Waals surface area contributed by atoms with Crippen LogP contribution in [0.15, 0.2) is 47.1 Å². The molecule has 0 aliphatic heterocycles. The van der Waals surface area contributed by atoms with Crippen molar-refractivity contribution in [2.45, 2.75) is 19.5 Å². The van der Waals surface area contributed by atoms with Gasteiger partial charge >= 0.3 is 5.97 Å². The largest absolute Gasteiger partial charge is 0.480 e. The predicted octanol–water partition coefficient (Wildman–Crippen LogP) is 2.50. The first-order chi connectivity index (χ1) is 8.66. The van der Waals surface area contributed by atoms with Gasteiger partial charge in [-0.15, -0.1) is 0 Å². The summed E-state index contributed by atoms with van der Waals surface area (Å²) in [5.41, 5.74) is 1.78. The highest BCUT2D eigenvalue weighted by atomic mass is 16.4. The van der Waals surface area contributed by atoms with Gasteiger partial charge < -0.3 is 9.52 Å². The average molecular weight is 245 g/mol. The highest BCUT2D eigenvalue weighted by molar-refractivity contribution is 5.75. The molecule has 94 valence electrons. The standard InChI is InChI=1S/C14H15NO3/c1-10-4-2-5-11(8-10)13(14(16)17)15-9-12-6-3-7-18-12/h2-8,13,15H,9H2,1H3,(H,16,17). The lowest BCUT2D eigenvalue weighted by Crippen LogP contribution is -2.28. The number of hydrogen-bond donors (Lipinski definition) is 2. The van der Waals surface area contributed by atoms with Crippen LogP contribution in [0, 0.1) is 6.92 Å². The van der Waals surface area contributed by atoms with Gasteiger partial charge in [-0.25, -0.2) is 0 Å². The Balaban J connectivity index is 2.11. The van der Waals surface area contributed by atoms with Gasteiger partial charge in [-0.2, -0.15) is 0 Å². The molecule has 0 saturated carbocycles. The molecule has 0 amide bonds. The van der Waals surface area contributed by atoms with E-state index in [9.17, 15) is 9.90 Å². The molecule has 1 atom stereocenters. The SMILES string of the molecule is Cc1cccc(C(NCc2ccco2)C(=O)O)c1. The van der Waals surface area contributed by atoms with Crippen LogP contribution in [0.25, 0.3) is 0 Å². The smallest absolute Gasteiger partial charge is 0.325 e. The van der Waals surface area contributed by atoms with Crippen molar-refractivity contribution < 1.29 is 14.3 Å². The first-order valence-electron chi connectivity index (χ1n) is 5.72. The van der Waals surface area contributed by atoms with Gasteiger partial charge in [0.05, 0.1) is 12.8 Å². The van der Waals surface area contributed by atoms with E-state index >= 15 is 0 Å². The van der Waals surface area contributed by atoms with Crippen LogP contribution in [0.4, 0.5) is 0 Å². The summed E-state index contributed by atoms with van der Waals surface area (Å²) in [4.78, 5) is 11.3. The van der Waals surface area contributed by atoms with Gasteiger partial charge in [0.1, 0.15) is 11.8 Å². The number of carboxylic acids is 1. The van der Waals surface area contributed by atoms with Crippen molar-refractivity contribution in [3.8, 4) is 0 Å². The van der Waals surface area contributed by atoms with E-state index in [-0.39, 0.29) is 0 Å². The molecule has 0 fully saturated rings. The molecule has 2 N–H and O–H groups in total. The molecule has 0 aliphatic carbocycles. The molecule has 1 unspecified atom stereocenters. The maximum absolute atomic E-state index is 11.3. The summed E-state index contributed by atoms with van der Waals surface area (Å²) >= 11 is 0. The fourth-order valence-corrected chi connectivity index (χ4v) is 1.81. The molecular formula is C14H15NO3. The highest BCUT2D eigenvalue weighted by Crippen LogP contribution is 2.15. The van der Waals surface area contributed by atoms with Gasteiger partial charge in [0.25, 0.3) is 0 Å². The van der Waals surface area contributed by atoms with Crippen LogP contribution >= 0.6 is 0 Å². The Hall–Kier alpha value is -2.07. The molecular weight excluding hydrogens is 230 g/mol. The van der Waals surface area contributed by atoms with E-state index in [0.29, 0.717) is 12.3 Å². The molecule has 2 rings (SSSR count). The molecule has 18 heavy (non-hydrogen) atoms. The molecule has 0 saturated heterocycles. The first kappa shape index (κ1) is 12.4. The summed E-state index contributed by atoms with van der Waals surface area (Å²) in [7, 11) is 0. The van der Waals surface area contributed by atoms with Crippen LogP contribution in [-0.4, -0.2) is 11.1 Å². The van der Waals surface area contributed by atoms with Crippen molar-refractivity contribution in [2.75, 3.05) is 0 Å². The zero-order valence-corrected chi connectivity index (χ0v) is 10.1. The van der Waals surface area contributed by atoms with Crippen molar-refractivity contribution in [2.24, 2.45) is 0 Å². The lowest BCUT2D eigenvalue weighted by molar-refractivity contribution is -0.139. The highest BCUT2D eigenvalue weighted by Gasteiger charge is 2.19. The van der Waals surface area contributed by atoms with Crippen molar-refractivity contribution in [3.63, 3.8) is 0 Å². The van der Waals surface area contributed by atoms with Gasteiger partial charge in [-0.1, -0.05) is 29.8 Å². The molecule has 1 aromatic carbocycles. The maximum atomic E-state index is 11.3. The monoisotopic (exact) mass is 245 g/mol. The van der Waals surface area contributed by atoms with Crippen LogP contribution in [0.2, 0.25) is 0 Å². The molecule has 0 bridgehead atoms. The number of benzene rings is 1.